The zero-order chi connectivity index (χ0) is 17.8. The van der Waals surface area contributed by atoms with Crippen molar-refractivity contribution in [1.29, 1.82) is 0 Å². The molecule has 0 atom stereocenters. The van der Waals surface area contributed by atoms with Crippen molar-refractivity contribution in [1.82, 2.24) is 0 Å². The molecular weight excluding hydrogens is 324 g/mol. The van der Waals surface area contributed by atoms with Crippen molar-refractivity contribution in [3.63, 3.8) is 0 Å². The Labute approximate surface area is 155 Å². The molecule has 1 heterocycles. The quantitative estimate of drug-likeness (QED) is 0.831. The summed E-state index contributed by atoms with van der Waals surface area (Å²) in [6.07, 6.45) is 6.33. The lowest BCUT2D eigenvalue weighted by molar-refractivity contribution is 0.0865. The third kappa shape index (κ3) is 4.01. The predicted octanol–water partition coefficient (Wildman–Crippen LogP) is 5.13. The van der Waals surface area contributed by atoms with E-state index in [0.29, 0.717) is 0 Å². The molecule has 2 aliphatic rings. The molecule has 1 aliphatic heterocycles. The zero-order valence-corrected chi connectivity index (χ0v) is 15.1. The zero-order valence-electron chi connectivity index (χ0n) is 15.1. The van der Waals surface area contributed by atoms with Crippen molar-refractivity contribution < 1.29 is 9.53 Å². The van der Waals surface area contributed by atoms with Gasteiger partial charge >= 0.3 is 6.09 Å². The first-order chi connectivity index (χ1) is 12.8. The van der Waals surface area contributed by atoms with Gasteiger partial charge in [0.15, 0.2) is 0 Å². The van der Waals surface area contributed by atoms with Crippen molar-refractivity contribution in [3.8, 4) is 0 Å². The topological polar surface area (TPSA) is 41.6 Å². The molecule has 4 heteroatoms. The fourth-order valence-electron chi connectivity index (χ4n) is 4.00. The summed E-state index contributed by atoms with van der Waals surface area (Å²) < 4.78 is 5.55. The third-order valence-corrected chi connectivity index (χ3v) is 5.36. The lowest BCUT2D eigenvalue weighted by Gasteiger charge is -2.22. The highest BCUT2D eigenvalue weighted by Gasteiger charge is 2.21. The van der Waals surface area contributed by atoms with Crippen LogP contribution in [0.3, 0.4) is 0 Å². The molecular formula is C22H26N2O2. The Kier molecular flexibility index (Phi) is 5.09. The number of rotatable bonds is 4. The normalized spacial score (nSPS) is 17.0. The van der Waals surface area contributed by atoms with Crippen molar-refractivity contribution in [3.05, 3.63) is 59.7 Å². The van der Waals surface area contributed by atoms with Crippen LogP contribution in [0.15, 0.2) is 48.5 Å². The Hall–Kier alpha value is -2.49. The van der Waals surface area contributed by atoms with E-state index in [9.17, 15) is 4.79 Å². The Bertz CT molecular complexity index is 754. The van der Waals surface area contributed by atoms with Crippen LogP contribution in [0.4, 0.5) is 16.2 Å². The summed E-state index contributed by atoms with van der Waals surface area (Å²) in [6.45, 7) is 1.94. The van der Waals surface area contributed by atoms with E-state index in [-0.39, 0.29) is 12.2 Å². The van der Waals surface area contributed by atoms with Crippen molar-refractivity contribution in [2.45, 2.75) is 51.2 Å². The highest BCUT2D eigenvalue weighted by Crippen LogP contribution is 2.31. The number of ether oxygens (including phenoxy) is 1. The molecule has 0 radical (unpaired) electrons. The van der Waals surface area contributed by atoms with Crippen LogP contribution in [0.25, 0.3) is 0 Å². The second kappa shape index (κ2) is 7.81. The molecule has 1 N–H and O–H groups in total. The second-order valence-electron chi connectivity index (χ2n) is 7.29. The number of hydrogen-bond donors (Lipinski definition) is 1. The van der Waals surface area contributed by atoms with Crippen LogP contribution in [0.2, 0.25) is 0 Å². The first-order valence-electron chi connectivity index (χ1n) is 9.67. The summed E-state index contributed by atoms with van der Waals surface area (Å²) in [5.41, 5.74) is 4.70. The molecule has 0 spiro atoms. The van der Waals surface area contributed by atoms with Crippen LogP contribution in [0.1, 0.15) is 43.2 Å². The van der Waals surface area contributed by atoms with Gasteiger partial charge in [0.05, 0.1) is 0 Å². The van der Waals surface area contributed by atoms with Crippen LogP contribution >= 0.6 is 0 Å². The van der Waals surface area contributed by atoms with Crippen LogP contribution in [-0.2, 0) is 17.7 Å². The molecule has 0 aromatic heterocycles. The van der Waals surface area contributed by atoms with Crippen LogP contribution in [0, 0.1) is 0 Å². The number of hydrogen-bond acceptors (Lipinski definition) is 3. The third-order valence-electron chi connectivity index (χ3n) is 5.36. The fraction of sp³-hybridized carbons (Fsp3) is 0.409. The average molecular weight is 350 g/mol. The van der Waals surface area contributed by atoms with Gasteiger partial charge in [-0.05, 0) is 61.4 Å². The molecule has 0 unspecified atom stereocenters. The van der Waals surface area contributed by atoms with E-state index in [4.69, 9.17) is 4.74 Å². The molecule has 4 nitrogen and oxygen atoms in total. The first-order valence-corrected chi connectivity index (χ1v) is 9.67. The standard InChI is InChI=1S/C22H26N2O2/c25-22(26-20-9-5-2-6-10-20)23-19-11-12-21-18(15-19)13-14-24(21)16-17-7-3-1-4-8-17/h1,3-4,7-8,11-12,15,20H,2,5-6,9-10,13-14,16H2,(H,23,25). The fourth-order valence-corrected chi connectivity index (χ4v) is 4.00. The number of amides is 1. The van der Waals surface area contributed by atoms with Gasteiger partial charge in [0, 0.05) is 24.5 Å². The Morgan fingerprint density at radius 1 is 1.08 bits per heavy atom. The summed E-state index contributed by atoms with van der Waals surface area (Å²) in [6, 6.07) is 16.7. The van der Waals surface area contributed by atoms with E-state index in [2.05, 4.69) is 46.6 Å². The minimum atomic E-state index is -0.323. The maximum atomic E-state index is 12.1. The van der Waals surface area contributed by atoms with Crippen molar-refractivity contribution in [2.24, 2.45) is 0 Å². The average Bonchev–Trinajstić information content (AvgIpc) is 3.05. The Balaban J connectivity index is 1.37. The Morgan fingerprint density at radius 2 is 1.88 bits per heavy atom. The van der Waals surface area contributed by atoms with E-state index in [1.807, 2.05) is 12.1 Å². The maximum absolute atomic E-state index is 12.1. The molecule has 0 bridgehead atoms. The van der Waals surface area contributed by atoms with Crippen LogP contribution in [0.5, 0.6) is 0 Å². The van der Waals surface area contributed by atoms with Crippen molar-refractivity contribution in [2.75, 3.05) is 16.8 Å². The summed E-state index contributed by atoms with van der Waals surface area (Å²) >= 11 is 0. The summed E-state index contributed by atoms with van der Waals surface area (Å²) in [5.74, 6) is 0. The molecule has 136 valence electrons. The highest BCUT2D eigenvalue weighted by molar-refractivity contribution is 5.85. The first kappa shape index (κ1) is 17.0. The van der Waals surface area contributed by atoms with Gasteiger partial charge in [0.2, 0.25) is 0 Å². The second-order valence-corrected chi connectivity index (χ2v) is 7.29. The molecule has 1 amide bonds. The monoisotopic (exact) mass is 350 g/mol. The summed E-state index contributed by atoms with van der Waals surface area (Å²) in [7, 11) is 0. The molecule has 1 fully saturated rings. The van der Waals surface area contributed by atoms with E-state index in [1.54, 1.807) is 0 Å². The van der Waals surface area contributed by atoms with Gasteiger partial charge in [-0.1, -0.05) is 36.8 Å². The van der Waals surface area contributed by atoms with Crippen LogP contribution in [-0.4, -0.2) is 18.7 Å². The van der Waals surface area contributed by atoms with Crippen LogP contribution < -0.4 is 10.2 Å². The summed E-state index contributed by atoms with van der Waals surface area (Å²) in [4.78, 5) is 14.5. The van der Waals surface area contributed by atoms with E-state index in [1.165, 1.54) is 23.2 Å². The van der Waals surface area contributed by atoms with Gasteiger partial charge in [0.1, 0.15) is 6.10 Å². The summed E-state index contributed by atoms with van der Waals surface area (Å²) in [5, 5.41) is 2.90. The molecule has 1 aliphatic carbocycles. The number of carbonyl (C=O) groups excluding carboxylic acids is 1. The number of benzene rings is 2. The number of nitrogens with one attached hydrogen (secondary N) is 1. The molecule has 2 aromatic carbocycles. The lowest BCUT2D eigenvalue weighted by Crippen LogP contribution is -2.24. The van der Waals surface area contributed by atoms with Gasteiger partial charge in [0.25, 0.3) is 0 Å². The SMILES string of the molecule is O=C(Nc1ccc2c(c1)CCN2Cc1ccccc1)OC1CCCCC1. The largest absolute Gasteiger partial charge is 0.446 e. The smallest absolute Gasteiger partial charge is 0.411 e. The lowest BCUT2D eigenvalue weighted by atomic mass is 9.98. The van der Waals surface area contributed by atoms with E-state index >= 15 is 0 Å². The van der Waals surface area contributed by atoms with Crippen molar-refractivity contribution >= 4 is 17.5 Å². The molecule has 2 aromatic rings. The predicted molar refractivity (Wildman–Crippen MR) is 105 cm³/mol. The number of anilines is 2. The van der Waals surface area contributed by atoms with Gasteiger partial charge in [-0.15, -0.1) is 0 Å². The molecule has 1 saturated carbocycles. The van der Waals surface area contributed by atoms with E-state index in [0.717, 1.165) is 50.9 Å². The number of carbonyl (C=O) groups is 1. The van der Waals surface area contributed by atoms with Gasteiger partial charge < -0.3 is 9.64 Å². The number of fused-ring (bicyclic) bond motifs is 1. The molecule has 4 rings (SSSR count). The highest BCUT2D eigenvalue weighted by atomic mass is 16.6. The minimum Gasteiger partial charge on any atom is -0.446 e. The van der Waals surface area contributed by atoms with Gasteiger partial charge in [-0.3, -0.25) is 5.32 Å². The number of nitrogens with zero attached hydrogens (tertiary/aromatic N) is 1. The van der Waals surface area contributed by atoms with Gasteiger partial charge in [-0.2, -0.15) is 0 Å². The maximum Gasteiger partial charge on any atom is 0.411 e. The molecule has 0 saturated heterocycles. The Morgan fingerprint density at radius 3 is 2.69 bits per heavy atom. The van der Waals surface area contributed by atoms with E-state index < -0.39 is 0 Å². The minimum absolute atomic E-state index is 0.0829. The molecule has 26 heavy (non-hydrogen) atoms. The van der Waals surface area contributed by atoms with Gasteiger partial charge in [-0.25, -0.2) is 4.79 Å².